The minimum absolute atomic E-state index is 0.198. The third kappa shape index (κ3) is 3.47. The largest absolute Gasteiger partial charge is 0.346 e. The number of nitrogens with one attached hydrogen (secondary N) is 1. The van der Waals surface area contributed by atoms with Gasteiger partial charge in [0.1, 0.15) is 4.60 Å². The Morgan fingerprint density at radius 1 is 1.14 bits per heavy atom. The van der Waals surface area contributed by atoms with Crippen molar-refractivity contribution < 1.29 is 14.3 Å². The first kappa shape index (κ1) is 14.2. The molecule has 21 heavy (non-hydrogen) atoms. The minimum Gasteiger partial charge on any atom is -0.346 e. The molecule has 1 saturated heterocycles. The van der Waals surface area contributed by atoms with Gasteiger partial charge < -0.3 is 14.8 Å². The average molecular weight is 349 g/mol. The smallest absolute Gasteiger partial charge is 0.257 e. The molecule has 6 heteroatoms. The highest BCUT2D eigenvalue weighted by molar-refractivity contribution is 9.10. The molecule has 5 nitrogen and oxygen atoms in total. The van der Waals surface area contributed by atoms with Gasteiger partial charge in [0.2, 0.25) is 0 Å². The highest BCUT2D eigenvalue weighted by Crippen LogP contribution is 2.24. The molecule has 3 rings (SSSR count). The molecule has 1 aromatic heterocycles. The van der Waals surface area contributed by atoms with Gasteiger partial charge in [0.25, 0.3) is 5.91 Å². The fourth-order valence-electron chi connectivity index (χ4n) is 1.99. The molecule has 1 aromatic carbocycles. The van der Waals surface area contributed by atoms with Crippen molar-refractivity contribution in [2.75, 3.05) is 18.5 Å². The van der Waals surface area contributed by atoms with E-state index in [1.807, 2.05) is 24.3 Å². The third-order valence-electron chi connectivity index (χ3n) is 3.05. The summed E-state index contributed by atoms with van der Waals surface area (Å²) in [4.78, 5) is 16.1. The molecule has 2 aromatic rings. The van der Waals surface area contributed by atoms with E-state index in [-0.39, 0.29) is 12.2 Å². The molecular weight excluding hydrogens is 336 g/mol. The van der Waals surface area contributed by atoms with Gasteiger partial charge in [-0.3, -0.25) is 4.79 Å². The summed E-state index contributed by atoms with van der Waals surface area (Å²) in [7, 11) is 0. The highest BCUT2D eigenvalue weighted by Gasteiger charge is 2.17. The van der Waals surface area contributed by atoms with Gasteiger partial charge in [-0.2, -0.15) is 0 Å². The Morgan fingerprint density at radius 3 is 2.48 bits per heavy atom. The molecule has 0 spiro atoms. The van der Waals surface area contributed by atoms with Crippen LogP contribution in [-0.2, 0) is 9.47 Å². The monoisotopic (exact) mass is 348 g/mol. The number of rotatable bonds is 3. The Kier molecular flexibility index (Phi) is 4.28. The SMILES string of the molecule is O=C(Nc1ccc(C2OCCO2)cc1)c1ccc(Br)nc1. The lowest BCUT2D eigenvalue weighted by Crippen LogP contribution is -2.12. The van der Waals surface area contributed by atoms with Crippen LogP contribution in [0.4, 0.5) is 5.69 Å². The maximum atomic E-state index is 12.1. The van der Waals surface area contributed by atoms with Crippen molar-refractivity contribution in [3.8, 4) is 0 Å². The quantitative estimate of drug-likeness (QED) is 0.865. The summed E-state index contributed by atoms with van der Waals surface area (Å²) >= 11 is 3.24. The summed E-state index contributed by atoms with van der Waals surface area (Å²) in [6, 6.07) is 10.8. The molecular formula is C15H13BrN2O3. The molecule has 2 heterocycles. The zero-order valence-corrected chi connectivity index (χ0v) is 12.7. The van der Waals surface area contributed by atoms with E-state index in [0.29, 0.717) is 29.1 Å². The Hall–Kier alpha value is -1.76. The minimum atomic E-state index is -0.301. The van der Waals surface area contributed by atoms with E-state index in [4.69, 9.17) is 9.47 Å². The zero-order chi connectivity index (χ0) is 14.7. The molecule has 0 saturated carbocycles. The first-order valence-electron chi connectivity index (χ1n) is 6.48. The van der Waals surface area contributed by atoms with E-state index in [0.717, 1.165) is 5.56 Å². The number of anilines is 1. The van der Waals surface area contributed by atoms with Gasteiger partial charge in [-0.05, 0) is 40.2 Å². The van der Waals surface area contributed by atoms with Crippen LogP contribution in [-0.4, -0.2) is 24.1 Å². The number of pyridine rings is 1. The first-order chi connectivity index (χ1) is 10.2. The summed E-state index contributed by atoms with van der Waals surface area (Å²) in [6.07, 6.45) is 1.22. The maximum Gasteiger partial charge on any atom is 0.257 e. The summed E-state index contributed by atoms with van der Waals surface area (Å²) in [5.41, 5.74) is 2.16. The molecule has 1 aliphatic rings. The highest BCUT2D eigenvalue weighted by atomic mass is 79.9. The fraction of sp³-hybridized carbons (Fsp3) is 0.200. The standard InChI is InChI=1S/C15H13BrN2O3/c16-13-6-3-11(9-17-13)14(19)18-12-4-1-10(2-5-12)15-20-7-8-21-15/h1-6,9,15H,7-8H2,(H,18,19). The van der Waals surface area contributed by atoms with Crippen LogP contribution in [0.2, 0.25) is 0 Å². The van der Waals surface area contributed by atoms with Gasteiger partial charge in [-0.1, -0.05) is 12.1 Å². The normalized spacial score (nSPS) is 15.1. The molecule has 1 amide bonds. The van der Waals surface area contributed by atoms with E-state index >= 15 is 0 Å². The second-order valence-electron chi connectivity index (χ2n) is 4.52. The number of aromatic nitrogens is 1. The predicted molar refractivity (Wildman–Crippen MR) is 81.0 cm³/mol. The number of nitrogens with zero attached hydrogens (tertiary/aromatic N) is 1. The number of carbonyl (C=O) groups is 1. The maximum absolute atomic E-state index is 12.1. The topological polar surface area (TPSA) is 60.5 Å². The first-order valence-corrected chi connectivity index (χ1v) is 7.28. The number of hydrogen-bond donors (Lipinski definition) is 1. The summed E-state index contributed by atoms with van der Waals surface area (Å²) in [5, 5.41) is 2.82. The van der Waals surface area contributed by atoms with Crippen molar-refractivity contribution in [2.45, 2.75) is 6.29 Å². The molecule has 1 fully saturated rings. The molecule has 1 aliphatic heterocycles. The second-order valence-corrected chi connectivity index (χ2v) is 5.33. The lowest BCUT2D eigenvalue weighted by molar-refractivity contribution is -0.0441. The molecule has 0 aliphatic carbocycles. The van der Waals surface area contributed by atoms with Crippen molar-refractivity contribution in [2.24, 2.45) is 0 Å². The summed E-state index contributed by atoms with van der Waals surface area (Å²) in [5.74, 6) is -0.198. The third-order valence-corrected chi connectivity index (χ3v) is 3.52. The van der Waals surface area contributed by atoms with Crippen LogP contribution in [0.25, 0.3) is 0 Å². The van der Waals surface area contributed by atoms with Crippen LogP contribution in [0.1, 0.15) is 22.2 Å². The van der Waals surface area contributed by atoms with E-state index in [1.165, 1.54) is 6.20 Å². The number of benzene rings is 1. The van der Waals surface area contributed by atoms with E-state index < -0.39 is 0 Å². The number of ether oxygens (including phenoxy) is 2. The predicted octanol–water partition coefficient (Wildman–Crippen LogP) is 3.14. The Labute approximate surface area is 130 Å². The fourth-order valence-corrected chi connectivity index (χ4v) is 2.22. The van der Waals surface area contributed by atoms with Crippen LogP contribution in [0.15, 0.2) is 47.2 Å². The van der Waals surface area contributed by atoms with Crippen molar-refractivity contribution >= 4 is 27.5 Å². The molecule has 0 unspecified atom stereocenters. The summed E-state index contributed by atoms with van der Waals surface area (Å²) < 4.78 is 11.5. The molecule has 0 atom stereocenters. The zero-order valence-electron chi connectivity index (χ0n) is 11.1. The van der Waals surface area contributed by atoms with E-state index in [1.54, 1.807) is 12.1 Å². The second kappa shape index (κ2) is 6.34. The van der Waals surface area contributed by atoms with Gasteiger partial charge >= 0.3 is 0 Å². The molecule has 1 N–H and O–H groups in total. The van der Waals surface area contributed by atoms with Crippen molar-refractivity contribution in [3.05, 3.63) is 58.3 Å². The van der Waals surface area contributed by atoms with Crippen molar-refractivity contribution in [3.63, 3.8) is 0 Å². The van der Waals surface area contributed by atoms with Crippen LogP contribution in [0.3, 0.4) is 0 Å². The van der Waals surface area contributed by atoms with Crippen LogP contribution >= 0.6 is 15.9 Å². The van der Waals surface area contributed by atoms with Crippen LogP contribution in [0, 0.1) is 0 Å². The Balaban J connectivity index is 1.67. The van der Waals surface area contributed by atoms with Gasteiger partial charge in [0.05, 0.1) is 18.8 Å². The van der Waals surface area contributed by atoms with Gasteiger partial charge in [-0.25, -0.2) is 4.98 Å². The van der Waals surface area contributed by atoms with Gasteiger partial charge in [0, 0.05) is 17.4 Å². The number of halogens is 1. The van der Waals surface area contributed by atoms with Crippen molar-refractivity contribution in [1.82, 2.24) is 4.98 Å². The van der Waals surface area contributed by atoms with E-state index in [9.17, 15) is 4.79 Å². The molecule has 0 radical (unpaired) electrons. The Morgan fingerprint density at radius 2 is 1.86 bits per heavy atom. The van der Waals surface area contributed by atoms with Gasteiger partial charge in [-0.15, -0.1) is 0 Å². The number of hydrogen-bond acceptors (Lipinski definition) is 4. The summed E-state index contributed by atoms with van der Waals surface area (Å²) in [6.45, 7) is 1.22. The van der Waals surface area contributed by atoms with Crippen LogP contribution < -0.4 is 5.32 Å². The number of carbonyl (C=O) groups excluding carboxylic acids is 1. The molecule has 0 bridgehead atoms. The number of amides is 1. The van der Waals surface area contributed by atoms with Gasteiger partial charge in [0.15, 0.2) is 6.29 Å². The van der Waals surface area contributed by atoms with Crippen LogP contribution in [0.5, 0.6) is 0 Å². The molecule has 108 valence electrons. The lowest BCUT2D eigenvalue weighted by Gasteiger charge is -2.10. The van der Waals surface area contributed by atoms with E-state index in [2.05, 4.69) is 26.2 Å². The lowest BCUT2D eigenvalue weighted by atomic mass is 10.2. The Bertz CT molecular complexity index is 622. The van der Waals surface area contributed by atoms with Crippen molar-refractivity contribution in [1.29, 1.82) is 0 Å². The average Bonchev–Trinajstić information content (AvgIpc) is 3.03.